The number of thiazole rings is 1. The minimum absolute atomic E-state index is 0.512. The molecule has 3 aromatic rings. The van der Waals surface area contributed by atoms with E-state index in [4.69, 9.17) is 4.98 Å². The normalized spacial score (nSPS) is 16.5. The van der Waals surface area contributed by atoms with Crippen molar-refractivity contribution in [1.29, 1.82) is 0 Å². The van der Waals surface area contributed by atoms with Gasteiger partial charge in [0.1, 0.15) is 16.7 Å². The van der Waals surface area contributed by atoms with Gasteiger partial charge in [-0.2, -0.15) is 0 Å². The summed E-state index contributed by atoms with van der Waals surface area (Å²) >= 11 is 1.64. The number of aryl methyl sites for hydroxylation is 1. The Morgan fingerprint density at radius 1 is 1.10 bits per heavy atom. The van der Waals surface area contributed by atoms with Gasteiger partial charge in [-0.25, -0.2) is 13.4 Å². The molecule has 0 atom stereocenters. The largest absolute Gasteiger partial charge is 0.315 e. The van der Waals surface area contributed by atoms with Crippen LogP contribution in [-0.4, -0.2) is 41.0 Å². The fourth-order valence-corrected chi connectivity index (χ4v) is 5.97. The Morgan fingerprint density at radius 3 is 2.86 bits per heavy atom. The van der Waals surface area contributed by atoms with Crippen LogP contribution in [0.4, 0.5) is 5.69 Å². The SMILES string of the molecule is CS(=O)(=O)N1CCc2cc(-c3csc(Cc4nnc5n4CCCCC5)n3)ccc21. The van der Waals surface area contributed by atoms with Crippen LogP contribution in [0.25, 0.3) is 11.3 Å². The van der Waals surface area contributed by atoms with Gasteiger partial charge in [-0.3, -0.25) is 4.31 Å². The average Bonchev–Trinajstić information content (AvgIpc) is 3.37. The second-order valence-corrected chi connectivity index (χ2v) is 10.6. The molecular formula is C20H23N5O2S2. The summed E-state index contributed by atoms with van der Waals surface area (Å²) < 4.78 is 27.6. The molecule has 2 aliphatic rings. The number of fused-ring (bicyclic) bond motifs is 2. The Labute approximate surface area is 174 Å². The van der Waals surface area contributed by atoms with Crippen molar-refractivity contribution in [2.75, 3.05) is 17.1 Å². The van der Waals surface area contributed by atoms with Gasteiger partial charge in [0.2, 0.25) is 10.0 Å². The predicted octanol–water partition coefficient (Wildman–Crippen LogP) is 3.04. The third-order valence-corrected chi connectivity index (χ3v) is 7.70. The predicted molar refractivity (Wildman–Crippen MR) is 114 cm³/mol. The van der Waals surface area contributed by atoms with Crippen molar-refractivity contribution >= 4 is 27.0 Å². The fourth-order valence-electron chi connectivity index (χ4n) is 4.21. The van der Waals surface area contributed by atoms with Crippen molar-refractivity contribution in [3.05, 3.63) is 45.8 Å². The van der Waals surface area contributed by atoms with Crippen LogP contribution in [0.3, 0.4) is 0 Å². The van der Waals surface area contributed by atoms with Gasteiger partial charge in [0.15, 0.2) is 0 Å². The molecule has 4 heterocycles. The Balaban J connectivity index is 1.38. The second-order valence-electron chi connectivity index (χ2n) is 7.73. The molecule has 0 N–H and O–H groups in total. The van der Waals surface area contributed by atoms with Crippen LogP contribution in [0.2, 0.25) is 0 Å². The molecule has 0 spiro atoms. The van der Waals surface area contributed by atoms with E-state index in [0.717, 1.165) is 58.6 Å². The van der Waals surface area contributed by atoms with Gasteiger partial charge in [-0.05, 0) is 37.0 Å². The molecule has 2 aliphatic heterocycles. The van der Waals surface area contributed by atoms with Crippen LogP contribution in [0, 0.1) is 0 Å². The van der Waals surface area contributed by atoms with Crippen LogP contribution in [0.15, 0.2) is 23.6 Å². The van der Waals surface area contributed by atoms with Crippen molar-refractivity contribution < 1.29 is 8.42 Å². The smallest absolute Gasteiger partial charge is 0.232 e. The zero-order valence-corrected chi connectivity index (χ0v) is 18.0. The number of hydrogen-bond donors (Lipinski definition) is 0. The van der Waals surface area contributed by atoms with E-state index in [-0.39, 0.29) is 0 Å². The quantitative estimate of drug-likeness (QED) is 0.637. The molecule has 5 rings (SSSR count). The summed E-state index contributed by atoms with van der Waals surface area (Å²) in [5.74, 6) is 2.10. The Bertz CT molecular complexity index is 1170. The summed E-state index contributed by atoms with van der Waals surface area (Å²) in [6.45, 7) is 1.51. The summed E-state index contributed by atoms with van der Waals surface area (Å²) in [5.41, 5.74) is 3.81. The molecular weight excluding hydrogens is 406 g/mol. The van der Waals surface area contributed by atoms with Crippen LogP contribution in [0.5, 0.6) is 0 Å². The fraction of sp³-hybridized carbons (Fsp3) is 0.450. The topological polar surface area (TPSA) is 81.0 Å². The number of hydrogen-bond acceptors (Lipinski definition) is 6. The highest BCUT2D eigenvalue weighted by atomic mass is 32.2. The van der Waals surface area contributed by atoms with Gasteiger partial charge >= 0.3 is 0 Å². The van der Waals surface area contributed by atoms with Gasteiger partial charge in [-0.15, -0.1) is 21.5 Å². The van der Waals surface area contributed by atoms with Crippen LogP contribution >= 0.6 is 11.3 Å². The summed E-state index contributed by atoms with van der Waals surface area (Å²) in [6, 6.07) is 5.93. The van der Waals surface area contributed by atoms with Gasteiger partial charge < -0.3 is 4.57 Å². The van der Waals surface area contributed by atoms with Crippen molar-refractivity contribution in [2.45, 2.75) is 45.1 Å². The average molecular weight is 430 g/mol. The summed E-state index contributed by atoms with van der Waals surface area (Å²) in [5, 5.41) is 11.9. The van der Waals surface area contributed by atoms with E-state index in [0.29, 0.717) is 13.0 Å². The zero-order chi connectivity index (χ0) is 20.0. The molecule has 29 heavy (non-hydrogen) atoms. The molecule has 2 aromatic heterocycles. The van der Waals surface area contributed by atoms with Crippen LogP contribution < -0.4 is 4.31 Å². The lowest BCUT2D eigenvalue weighted by Gasteiger charge is -2.16. The third kappa shape index (κ3) is 3.57. The lowest BCUT2D eigenvalue weighted by molar-refractivity contribution is 0.598. The summed E-state index contributed by atoms with van der Waals surface area (Å²) in [4.78, 5) is 4.83. The maximum atomic E-state index is 11.9. The van der Waals surface area contributed by atoms with E-state index in [1.165, 1.54) is 29.8 Å². The Morgan fingerprint density at radius 2 is 2.00 bits per heavy atom. The Kier molecular flexibility index (Phi) is 4.66. The van der Waals surface area contributed by atoms with E-state index in [2.05, 4.69) is 26.2 Å². The molecule has 0 bridgehead atoms. The highest BCUT2D eigenvalue weighted by Gasteiger charge is 2.26. The molecule has 9 heteroatoms. The first kappa shape index (κ1) is 18.7. The van der Waals surface area contributed by atoms with Crippen molar-refractivity contribution in [3.63, 3.8) is 0 Å². The lowest BCUT2D eigenvalue weighted by atomic mass is 10.1. The molecule has 7 nitrogen and oxygen atoms in total. The lowest BCUT2D eigenvalue weighted by Crippen LogP contribution is -2.27. The Hall–Kier alpha value is -2.26. The van der Waals surface area contributed by atoms with Crippen LogP contribution in [0.1, 0.15) is 41.5 Å². The number of benzene rings is 1. The molecule has 152 valence electrons. The second kappa shape index (κ2) is 7.21. The molecule has 0 saturated carbocycles. The van der Waals surface area contributed by atoms with E-state index in [1.54, 1.807) is 11.3 Å². The molecule has 0 aliphatic carbocycles. The molecule has 0 unspecified atom stereocenters. The highest BCUT2D eigenvalue weighted by molar-refractivity contribution is 7.92. The maximum absolute atomic E-state index is 11.9. The van der Waals surface area contributed by atoms with E-state index in [1.807, 2.05) is 12.1 Å². The number of anilines is 1. The van der Waals surface area contributed by atoms with Crippen molar-refractivity contribution in [1.82, 2.24) is 19.7 Å². The van der Waals surface area contributed by atoms with Gasteiger partial charge in [0.05, 0.1) is 24.1 Å². The first-order chi connectivity index (χ1) is 14.0. The highest BCUT2D eigenvalue weighted by Crippen LogP contribution is 2.34. The third-order valence-electron chi connectivity index (χ3n) is 5.68. The molecule has 1 aromatic carbocycles. The van der Waals surface area contributed by atoms with Crippen molar-refractivity contribution in [2.24, 2.45) is 0 Å². The van der Waals surface area contributed by atoms with Gasteiger partial charge in [0, 0.05) is 30.5 Å². The summed E-state index contributed by atoms with van der Waals surface area (Å²) in [6.07, 6.45) is 7.32. The standard InChI is InChI=1S/C20H23N5O2S2/c1-29(26,27)25-10-8-15-11-14(6-7-17(15)25)16-13-28-20(21-16)12-19-23-22-18-5-3-2-4-9-24(18)19/h6-7,11,13H,2-5,8-10,12H2,1H3. The monoisotopic (exact) mass is 429 g/mol. The minimum atomic E-state index is -3.22. The van der Waals surface area contributed by atoms with E-state index < -0.39 is 10.0 Å². The van der Waals surface area contributed by atoms with Crippen molar-refractivity contribution in [3.8, 4) is 11.3 Å². The number of nitrogens with zero attached hydrogens (tertiary/aromatic N) is 5. The summed E-state index contributed by atoms with van der Waals surface area (Å²) in [7, 11) is -3.22. The van der Waals surface area contributed by atoms with Gasteiger partial charge in [-0.1, -0.05) is 12.5 Å². The van der Waals surface area contributed by atoms with Crippen LogP contribution in [-0.2, 0) is 35.8 Å². The number of aromatic nitrogens is 4. The van der Waals surface area contributed by atoms with E-state index >= 15 is 0 Å². The van der Waals surface area contributed by atoms with Gasteiger partial charge in [0.25, 0.3) is 0 Å². The minimum Gasteiger partial charge on any atom is -0.315 e. The number of rotatable bonds is 4. The molecule has 0 saturated heterocycles. The number of sulfonamides is 1. The van der Waals surface area contributed by atoms with E-state index in [9.17, 15) is 8.42 Å². The molecule has 0 fully saturated rings. The molecule has 0 amide bonds. The first-order valence-electron chi connectivity index (χ1n) is 9.95. The zero-order valence-electron chi connectivity index (χ0n) is 16.3. The molecule has 0 radical (unpaired) electrons. The first-order valence-corrected chi connectivity index (χ1v) is 12.7. The maximum Gasteiger partial charge on any atom is 0.232 e.